The molecule has 1 amide bonds. The van der Waals surface area contributed by atoms with Crippen molar-refractivity contribution in [3.05, 3.63) is 65.5 Å². The van der Waals surface area contributed by atoms with E-state index in [9.17, 15) is 9.18 Å². The van der Waals surface area contributed by atoms with Crippen LogP contribution in [0.5, 0.6) is 0 Å². The molecule has 0 spiro atoms. The smallest absolute Gasteiger partial charge is 0.224 e. The third-order valence-corrected chi connectivity index (χ3v) is 7.10. The van der Waals surface area contributed by atoms with Crippen LogP contribution in [0.15, 0.2) is 48.5 Å². The minimum atomic E-state index is -0.245. The first kappa shape index (κ1) is 24.6. The number of nitrogens with one attached hydrogen (secondary N) is 1. The average Bonchev–Trinajstić information content (AvgIpc) is 2.85. The first-order valence-corrected chi connectivity index (χ1v) is 12.5. The van der Waals surface area contributed by atoms with Gasteiger partial charge in [0.2, 0.25) is 5.91 Å². The van der Waals surface area contributed by atoms with E-state index in [0.717, 1.165) is 56.9 Å². The Bertz CT molecular complexity index is 907. The second kappa shape index (κ2) is 12.3. The molecule has 6 nitrogen and oxygen atoms in total. The standard InChI is InChI=1S/C27H37FN4O2/c28-24-3-1-2-22(20-24)8-11-29-27(34)21-23-4-6-25(7-5-23)31-12-9-26(10-13-31)32-16-14-30(15-17-32)18-19-33/h1-7,20,26,33H,8-19,21H2,(H,29,34). The Labute approximate surface area is 202 Å². The van der Waals surface area contributed by atoms with Crippen LogP contribution < -0.4 is 10.2 Å². The maximum atomic E-state index is 13.2. The third-order valence-electron chi connectivity index (χ3n) is 7.10. The molecule has 2 aromatic carbocycles. The SMILES string of the molecule is O=C(Cc1ccc(N2CCC(N3CCN(CCO)CC3)CC2)cc1)NCCc1cccc(F)c1. The number of hydrogen-bond donors (Lipinski definition) is 2. The Balaban J connectivity index is 1.17. The highest BCUT2D eigenvalue weighted by Crippen LogP contribution is 2.24. The molecule has 2 fully saturated rings. The minimum absolute atomic E-state index is 0.0101. The molecule has 34 heavy (non-hydrogen) atoms. The van der Waals surface area contributed by atoms with Crippen molar-refractivity contribution in [1.82, 2.24) is 15.1 Å². The van der Waals surface area contributed by atoms with Gasteiger partial charge in [0.25, 0.3) is 0 Å². The molecule has 2 heterocycles. The summed E-state index contributed by atoms with van der Waals surface area (Å²) in [5.41, 5.74) is 3.11. The number of carbonyl (C=O) groups excluding carboxylic acids is 1. The van der Waals surface area contributed by atoms with Crippen LogP contribution in [0.1, 0.15) is 24.0 Å². The third kappa shape index (κ3) is 7.01. The van der Waals surface area contributed by atoms with Crippen molar-refractivity contribution in [3.63, 3.8) is 0 Å². The van der Waals surface area contributed by atoms with Gasteiger partial charge in [0.05, 0.1) is 13.0 Å². The number of aliphatic hydroxyl groups excluding tert-OH is 1. The van der Waals surface area contributed by atoms with Crippen LogP contribution in [0.25, 0.3) is 0 Å². The molecular formula is C27H37FN4O2. The molecule has 2 aliphatic heterocycles. The number of amides is 1. The summed E-state index contributed by atoms with van der Waals surface area (Å²) >= 11 is 0. The molecule has 0 atom stereocenters. The van der Waals surface area contributed by atoms with Gasteiger partial charge in [0, 0.05) is 64.1 Å². The number of nitrogens with zero attached hydrogens (tertiary/aromatic N) is 3. The first-order valence-electron chi connectivity index (χ1n) is 12.5. The lowest BCUT2D eigenvalue weighted by Gasteiger charge is -2.43. The summed E-state index contributed by atoms with van der Waals surface area (Å²) in [5.74, 6) is -0.255. The van der Waals surface area contributed by atoms with E-state index >= 15 is 0 Å². The Morgan fingerprint density at radius 3 is 2.38 bits per heavy atom. The van der Waals surface area contributed by atoms with Crippen molar-refractivity contribution in [2.45, 2.75) is 31.7 Å². The van der Waals surface area contributed by atoms with Gasteiger partial charge >= 0.3 is 0 Å². The van der Waals surface area contributed by atoms with Crippen molar-refractivity contribution in [2.24, 2.45) is 0 Å². The summed E-state index contributed by atoms with van der Waals surface area (Å²) in [6.45, 7) is 7.97. The van der Waals surface area contributed by atoms with E-state index in [2.05, 4.69) is 32.1 Å². The van der Waals surface area contributed by atoms with Crippen molar-refractivity contribution >= 4 is 11.6 Å². The quantitative estimate of drug-likeness (QED) is 0.592. The highest BCUT2D eigenvalue weighted by atomic mass is 19.1. The van der Waals surface area contributed by atoms with Gasteiger partial charge in [-0.15, -0.1) is 0 Å². The Hall–Kier alpha value is -2.48. The van der Waals surface area contributed by atoms with Crippen LogP contribution in [0.4, 0.5) is 10.1 Å². The van der Waals surface area contributed by atoms with Crippen molar-refractivity contribution < 1.29 is 14.3 Å². The van der Waals surface area contributed by atoms with Gasteiger partial charge < -0.3 is 15.3 Å². The largest absolute Gasteiger partial charge is 0.395 e. The van der Waals surface area contributed by atoms with Crippen LogP contribution in [-0.2, 0) is 17.6 Å². The van der Waals surface area contributed by atoms with E-state index in [-0.39, 0.29) is 18.3 Å². The van der Waals surface area contributed by atoms with E-state index in [1.807, 2.05) is 18.2 Å². The van der Waals surface area contributed by atoms with Crippen molar-refractivity contribution in [2.75, 3.05) is 63.9 Å². The van der Waals surface area contributed by atoms with Gasteiger partial charge in [-0.05, 0) is 54.7 Å². The number of piperazine rings is 1. The summed E-state index contributed by atoms with van der Waals surface area (Å²) in [6.07, 6.45) is 3.33. The maximum absolute atomic E-state index is 13.2. The van der Waals surface area contributed by atoms with Gasteiger partial charge in [-0.2, -0.15) is 0 Å². The summed E-state index contributed by atoms with van der Waals surface area (Å²) in [5, 5.41) is 12.1. The molecule has 0 aromatic heterocycles. The second-order valence-corrected chi connectivity index (χ2v) is 9.39. The Kier molecular flexibility index (Phi) is 8.91. The zero-order valence-electron chi connectivity index (χ0n) is 20.0. The Morgan fingerprint density at radius 1 is 0.971 bits per heavy atom. The van der Waals surface area contributed by atoms with Crippen LogP contribution in [0, 0.1) is 5.82 Å². The Morgan fingerprint density at radius 2 is 1.71 bits per heavy atom. The molecule has 2 N–H and O–H groups in total. The predicted octanol–water partition coefficient (Wildman–Crippen LogP) is 2.31. The molecule has 2 aromatic rings. The van der Waals surface area contributed by atoms with Gasteiger partial charge in [-0.1, -0.05) is 24.3 Å². The lowest BCUT2D eigenvalue weighted by atomic mass is 10.0. The van der Waals surface area contributed by atoms with Crippen LogP contribution in [0.3, 0.4) is 0 Å². The summed E-state index contributed by atoms with van der Waals surface area (Å²) in [4.78, 5) is 19.7. The normalized spacial score (nSPS) is 18.2. The lowest BCUT2D eigenvalue weighted by molar-refractivity contribution is -0.120. The zero-order chi connectivity index (χ0) is 23.8. The number of hydrogen-bond acceptors (Lipinski definition) is 5. The number of piperidine rings is 1. The number of aliphatic hydroxyl groups is 1. The summed E-state index contributed by atoms with van der Waals surface area (Å²) in [6, 6.07) is 15.5. The summed E-state index contributed by atoms with van der Waals surface area (Å²) < 4.78 is 13.2. The highest BCUT2D eigenvalue weighted by Gasteiger charge is 2.27. The number of halogens is 1. The lowest BCUT2D eigenvalue weighted by Crippen LogP contribution is -2.53. The first-order chi connectivity index (χ1) is 16.6. The molecule has 184 valence electrons. The van der Waals surface area contributed by atoms with Crippen LogP contribution >= 0.6 is 0 Å². The predicted molar refractivity (Wildman–Crippen MR) is 134 cm³/mol. The molecule has 0 unspecified atom stereocenters. The van der Waals surface area contributed by atoms with E-state index in [4.69, 9.17) is 5.11 Å². The second-order valence-electron chi connectivity index (χ2n) is 9.39. The molecule has 0 saturated carbocycles. The molecule has 2 saturated heterocycles. The highest BCUT2D eigenvalue weighted by molar-refractivity contribution is 5.78. The number of anilines is 1. The number of benzene rings is 2. The molecular weight excluding hydrogens is 431 g/mol. The molecule has 7 heteroatoms. The minimum Gasteiger partial charge on any atom is -0.395 e. The van der Waals surface area contributed by atoms with Gasteiger partial charge in [0.1, 0.15) is 5.82 Å². The van der Waals surface area contributed by atoms with Gasteiger partial charge in [0.15, 0.2) is 0 Å². The number of carbonyl (C=O) groups is 1. The summed E-state index contributed by atoms with van der Waals surface area (Å²) in [7, 11) is 0. The average molecular weight is 469 g/mol. The van der Waals surface area contributed by atoms with Crippen molar-refractivity contribution in [1.29, 1.82) is 0 Å². The number of rotatable bonds is 9. The fourth-order valence-corrected chi connectivity index (χ4v) is 5.09. The van der Waals surface area contributed by atoms with Crippen LogP contribution in [-0.4, -0.2) is 85.8 Å². The molecule has 0 radical (unpaired) electrons. The van der Waals surface area contributed by atoms with E-state index in [0.29, 0.717) is 25.4 Å². The van der Waals surface area contributed by atoms with Crippen LogP contribution in [0.2, 0.25) is 0 Å². The fourth-order valence-electron chi connectivity index (χ4n) is 5.09. The topological polar surface area (TPSA) is 59.1 Å². The zero-order valence-corrected chi connectivity index (χ0v) is 20.0. The van der Waals surface area contributed by atoms with E-state index in [1.54, 1.807) is 6.07 Å². The molecule has 0 aliphatic carbocycles. The van der Waals surface area contributed by atoms with Gasteiger partial charge in [-0.25, -0.2) is 4.39 Å². The molecule has 4 rings (SSSR count). The molecule has 0 bridgehead atoms. The maximum Gasteiger partial charge on any atom is 0.224 e. The fraction of sp³-hybridized carbons (Fsp3) is 0.519. The van der Waals surface area contributed by atoms with E-state index < -0.39 is 0 Å². The monoisotopic (exact) mass is 468 g/mol. The number of β-amino-alcohol motifs (C(OH)–C–C–N with tert-alkyl or cyclic N) is 1. The van der Waals surface area contributed by atoms with Gasteiger partial charge in [-0.3, -0.25) is 14.6 Å². The van der Waals surface area contributed by atoms with E-state index in [1.165, 1.54) is 30.7 Å². The molecule has 2 aliphatic rings. The van der Waals surface area contributed by atoms with Crippen molar-refractivity contribution in [3.8, 4) is 0 Å².